The van der Waals surface area contributed by atoms with E-state index in [1.54, 1.807) is 60.5 Å². The van der Waals surface area contributed by atoms with Gasteiger partial charge in [-0.15, -0.1) is 0 Å². The van der Waals surface area contributed by atoms with E-state index in [4.69, 9.17) is 9.47 Å². The SMILES string of the molecule is COc1ccc(C(=O)N2CC[C@H](Oc3cccc(-c4noc(C(F)(F)F)n4)c3)C2)cc1. The Hall–Kier alpha value is -3.56. The minimum absolute atomic E-state index is 0.103. The molecule has 0 radical (unpaired) electrons. The van der Waals surface area contributed by atoms with Gasteiger partial charge in [0.15, 0.2) is 0 Å². The van der Waals surface area contributed by atoms with E-state index in [-0.39, 0.29) is 17.8 Å². The summed E-state index contributed by atoms with van der Waals surface area (Å²) in [5, 5.41) is 3.38. The van der Waals surface area contributed by atoms with Crippen molar-refractivity contribution in [2.75, 3.05) is 20.2 Å². The van der Waals surface area contributed by atoms with Crippen LogP contribution < -0.4 is 9.47 Å². The number of carbonyl (C=O) groups excluding carboxylic acids is 1. The van der Waals surface area contributed by atoms with Gasteiger partial charge in [0.1, 0.15) is 17.6 Å². The van der Waals surface area contributed by atoms with Crippen LogP contribution in [0.4, 0.5) is 13.2 Å². The second kappa shape index (κ2) is 8.29. The third-order valence-electron chi connectivity index (χ3n) is 4.83. The first-order chi connectivity index (χ1) is 14.8. The number of ether oxygens (including phenoxy) is 2. The Balaban J connectivity index is 1.40. The summed E-state index contributed by atoms with van der Waals surface area (Å²) in [6.07, 6.45) is -4.32. The Morgan fingerprint density at radius 1 is 1.16 bits per heavy atom. The molecule has 1 aliphatic rings. The van der Waals surface area contributed by atoms with Crippen LogP contribution in [0.25, 0.3) is 11.4 Å². The Bertz CT molecular complexity index is 1070. The smallest absolute Gasteiger partial charge is 0.471 e. The van der Waals surface area contributed by atoms with Crippen molar-refractivity contribution in [2.24, 2.45) is 0 Å². The van der Waals surface area contributed by atoms with Crippen LogP contribution in [-0.4, -0.2) is 47.3 Å². The molecule has 2 heterocycles. The predicted octanol–water partition coefficient (Wildman–Crippen LogP) is 4.06. The summed E-state index contributed by atoms with van der Waals surface area (Å²) in [5.74, 6) is -0.575. The number of hydrogen-bond acceptors (Lipinski definition) is 6. The molecule has 10 heteroatoms. The molecule has 1 saturated heterocycles. The number of amides is 1. The third kappa shape index (κ3) is 4.62. The maximum Gasteiger partial charge on any atom is 0.471 e. The van der Waals surface area contributed by atoms with E-state index in [0.29, 0.717) is 42.1 Å². The Kier molecular flexibility index (Phi) is 5.53. The molecule has 0 unspecified atom stereocenters. The summed E-state index contributed by atoms with van der Waals surface area (Å²) in [7, 11) is 1.56. The van der Waals surface area contributed by atoms with E-state index < -0.39 is 12.1 Å². The van der Waals surface area contributed by atoms with Gasteiger partial charge in [0.25, 0.3) is 5.91 Å². The second-order valence-corrected chi connectivity index (χ2v) is 6.96. The average Bonchev–Trinajstić information content (AvgIpc) is 3.43. The van der Waals surface area contributed by atoms with Gasteiger partial charge in [-0.05, 0) is 36.4 Å². The van der Waals surface area contributed by atoms with Gasteiger partial charge < -0.3 is 18.9 Å². The predicted molar refractivity (Wildman–Crippen MR) is 103 cm³/mol. The van der Waals surface area contributed by atoms with Gasteiger partial charge in [-0.3, -0.25) is 4.79 Å². The van der Waals surface area contributed by atoms with Crippen LogP contribution in [0.2, 0.25) is 0 Å². The molecular weight excluding hydrogens is 415 g/mol. The molecule has 1 amide bonds. The quantitative estimate of drug-likeness (QED) is 0.604. The lowest BCUT2D eigenvalue weighted by molar-refractivity contribution is -0.159. The minimum Gasteiger partial charge on any atom is -0.497 e. The first kappa shape index (κ1) is 20.7. The van der Waals surface area contributed by atoms with E-state index in [2.05, 4.69) is 14.7 Å². The van der Waals surface area contributed by atoms with Gasteiger partial charge >= 0.3 is 12.1 Å². The highest BCUT2D eigenvalue weighted by atomic mass is 19.4. The lowest BCUT2D eigenvalue weighted by atomic mass is 10.2. The van der Waals surface area contributed by atoms with Gasteiger partial charge in [0, 0.05) is 24.1 Å². The molecule has 1 aromatic heterocycles. The summed E-state index contributed by atoms with van der Waals surface area (Å²) in [6, 6.07) is 13.3. The summed E-state index contributed by atoms with van der Waals surface area (Å²) < 4.78 is 53.3. The first-order valence-corrected chi connectivity index (χ1v) is 9.45. The number of nitrogens with zero attached hydrogens (tertiary/aromatic N) is 3. The van der Waals surface area contributed by atoms with E-state index >= 15 is 0 Å². The molecule has 0 spiro atoms. The maximum absolute atomic E-state index is 12.7. The van der Waals surface area contributed by atoms with E-state index in [9.17, 15) is 18.0 Å². The minimum atomic E-state index is -4.71. The van der Waals surface area contributed by atoms with Crippen LogP contribution in [0.5, 0.6) is 11.5 Å². The molecule has 3 aromatic rings. The number of halogens is 3. The molecule has 1 atom stereocenters. The van der Waals surface area contributed by atoms with Crippen molar-refractivity contribution >= 4 is 5.91 Å². The van der Waals surface area contributed by atoms with Crippen molar-refractivity contribution < 1.29 is 32.0 Å². The van der Waals surface area contributed by atoms with Crippen LogP contribution in [0, 0.1) is 0 Å². The van der Waals surface area contributed by atoms with E-state index in [0.717, 1.165) is 0 Å². The standard InChI is InChI=1S/C21H18F3N3O4/c1-29-15-7-5-13(6-8-15)19(28)27-10-9-17(12-27)30-16-4-2-3-14(11-16)18-25-20(31-26-18)21(22,23)24/h2-8,11,17H,9-10,12H2,1H3/t17-/m0/s1. The zero-order valence-electron chi connectivity index (χ0n) is 16.4. The number of rotatable bonds is 5. The fourth-order valence-electron chi connectivity index (χ4n) is 3.28. The molecule has 7 nitrogen and oxygen atoms in total. The number of hydrogen-bond donors (Lipinski definition) is 0. The lowest BCUT2D eigenvalue weighted by Crippen LogP contribution is -2.30. The summed E-state index contributed by atoms with van der Waals surface area (Å²) >= 11 is 0. The average molecular weight is 433 g/mol. The summed E-state index contributed by atoms with van der Waals surface area (Å²) in [6.45, 7) is 0.935. The molecule has 1 aliphatic heterocycles. The van der Waals surface area contributed by atoms with Crippen molar-refractivity contribution in [2.45, 2.75) is 18.7 Å². The van der Waals surface area contributed by atoms with Gasteiger partial charge in [0.05, 0.1) is 13.7 Å². The molecule has 2 aromatic carbocycles. The molecule has 0 saturated carbocycles. The highest BCUT2D eigenvalue weighted by molar-refractivity contribution is 5.94. The number of benzene rings is 2. The van der Waals surface area contributed by atoms with Crippen molar-refractivity contribution in [1.82, 2.24) is 15.0 Å². The molecule has 4 rings (SSSR count). The summed E-state index contributed by atoms with van der Waals surface area (Å²) in [4.78, 5) is 17.8. The number of methoxy groups -OCH3 is 1. The molecule has 0 bridgehead atoms. The van der Waals surface area contributed by atoms with Crippen LogP contribution in [0.15, 0.2) is 53.1 Å². The Morgan fingerprint density at radius 3 is 2.61 bits per heavy atom. The molecule has 1 fully saturated rings. The van der Waals surface area contributed by atoms with Crippen molar-refractivity contribution in [1.29, 1.82) is 0 Å². The molecule has 0 N–H and O–H groups in total. The molecular formula is C21H18F3N3O4. The number of likely N-dealkylation sites (tertiary alicyclic amines) is 1. The Morgan fingerprint density at radius 2 is 1.94 bits per heavy atom. The zero-order chi connectivity index (χ0) is 22.0. The highest BCUT2D eigenvalue weighted by Gasteiger charge is 2.38. The van der Waals surface area contributed by atoms with Crippen LogP contribution in [0.3, 0.4) is 0 Å². The fourth-order valence-corrected chi connectivity index (χ4v) is 3.28. The second-order valence-electron chi connectivity index (χ2n) is 6.96. The number of carbonyl (C=O) groups is 1. The van der Waals surface area contributed by atoms with Crippen LogP contribution in [-0.2, 0) is 6.18 Å². The van der Waals surface area contributed by atoms with Gasteiger partial charge in [-0.25, -0.2) is 0 Å². The monoisotopic (exact) mass is 433 g/mol. The van der Waals surface area contributed by atoms with Gasteiger partial charge in [-0.2, -0.15) is 18.2 Å². The fraction of sp³-hybridized carbons (Fsp3) is 0.286. The third-order valence-corrected chi connectivity index (χ3v) is 4.83. The van der Waals surface area contributed by atoms with E-state index in [1.165, 1.54) is 0 Å². The maximum atomic E-state index is 12.7. The van der Waals surface area contributed by atoms with Crippen molar-refractivity contribution in [3.05, 3.63) is 60.0 Å². The normalized spacial score (nSPS) is 16.4. The largest absolute Gasteiger partial charge is 0.497 e. The molecule has 0 aliphatic carbocycles. The number of aromatic nitrogens is 2. The van der Waals surface area contributed by atoms with Crippen molar-refractivity contribution in [3.63, 3.8) is 0 Å². The topological polar surface area (TPSA) is 77.7 Å². The Labute approximate surface area is 175 Å². The van der Waals surface area contributed by atoms with Gasteiger partial charge in [0.2, 0.25) is 5.82 Å². The first-order valence-electron chi connectivity index (χ1n) is 9.45. The molecule has 31 heavy (non-hydrogen) atoms. The highest BCUT2D eigenvalue weighted by Crippen LogP contribution is 2.30. The summed E-state index contributed by atoms with van der Waals surface area (Å²) in [5.41, 5.74) is 0.891. The number of alkyl halides is 3. The lowest BCUT2D eigenvalue weighted by Gasteiger charge is -2.17. The molecule has 162 valence electrons. The van der Waals surface area contributed by atoms with Crippen molar-refractivity contribution in [3.8, 4) is 22.9 Å². The zero-order valence-corrected chi connectivity index (χ0v) is 16.4. The van der Waals surface area contributed by atoms with E-state index in [1.807, 2.05) is 0 Å². The van der Waals surface area contributed by atoms with Crippen LogP contribution in [0.1, 0.15) is 22.7 Å². The van der Waals surface area contributed by atoms with Gasteiger partial charge in [-0.1, -0.05) is 17.3 Å². The van der Waals surface area contributed by atoms with Crippen LogP contribution >= 0.6 is 0 Å².